The van der Waals surface area contributed by atoms with E-state index in [1.807, 2.05) is 30.3 Å². The van der Waals surface area contributed by atoms with Gasteiger partial charge in [0.25, 0.3) is 5.69 Å². The van der Waals surface area contributed by atoms with Gasteiger partial charge in [0.1, 0.15) is 5.75 Å². The van der Waals surface area contributed by atoms with Crippen molar-refractivity contribution in [3.8, 4) is 5.75 Å². The van der Waals surface area contributed by atoms with Gasteiger partial charge in [0.2, 0.25) is 0 Å². The van der Waals surface area contributed by atoms with Gasteiger partial charge in [-0.2, -0.15) is 0 Å². The van der Waals surface area contributed by atoms with E-state index in [4.69, 9.17) is 4.74 Å². The number of non-ortho nitro benzene ring substituents is 1. The number of nitro benzene ring substituents is 1. The Labute approximate surface area is 132 Å². The molecule has 1 heterocycles. The molecule has 1 aliphatic rings. The molecule has 7 heteroatoms. The van der Waals surface area contributed by atoms with Gasteiger partial charge in [-0.25, -0.2) is 4.79 Å². The summed E-state index contributed by atoms with van der Waals surface area (Å²) in [7, 11) is 1.42. The van der Waals surface area contributed by atoms with Crippen LogP contribution in [0.5, 0.6) is 5.75 Å². The van der Waals surface area contributed by atoms with Crippen LogP contribution in [0.15, 0.2) is 42.5 Å². The molecule has 0 saturated carbocycles. The molecule has 7 nitrogen and oxygen atoms in total. The van der Waals surface area contributed by atoms with Gasteiger partial charge in [-0.05, 0) is 5.56 Å². The van der Waals surface area contributed by atoms with E-state index in [0.717, 1.165) is 5.56 Å². The van der Waals surface area contributed by atoms with Gasteiger partial charge < -0.3 is 15.0 Å². The minimum absolute atomic E-state index is 0.0589. The van der Waals surface area contributed by atoms with Crippen LogP contribution in [0.4, 0.5) is 16.2 Å². The van der Waals surface area contributed by atoms with Gasteiger partial charge in [0.15, 0.2) is 0 Å². The second-order valence-corrected chi connectivity index (χ2v) is 5.21. The van der Waals surface area contributed by atoms with Crippen LogP contribution in [-0.4, -0.2) is 23.0 Å². The first-order chi connectivity index (χ1) is 11.1. The molecule has 2 aromatic carbocycles. The number of nitro groups is 1. The van der Waals surface area contributed by atoms with Crippen LogP contribution in [0.1, 0.15) is 11.1 Å². The molecule has 0 spiro atoms. The van der Waals surface area contributed by atoms with E-state index in [2.05, 4.69) is 5.32 Å². The van der Waals surface area contributed by atoms with Crippen molar-refractivity contribution in [2.45, 2.75) is 13.1 Å². The Morgan fingerprint density at radius 3 is 2.70 bits per heavy atom. The molecule has 0 radical (unpaired) electrons. The van der Waals surface area contributed by atoms with Gasteiger partial charge in [-0.15, -0.1) is 0 Å². The molecule has 0 saturated heterocycles. The molecule has 1 aliphatic heterocycles. The van der Waals surface area contributed by atoms with E-state index in [9.17, 15) is 14.9 Å². The number of hydrogen-bond acceptors (Lipinski definition) is 4. The number of carbonyl (C=O) groups is 1. The largest absolute Gasteiger partial charge is 0.494 e. The molecule has 2 amide bonds. The zero-order valence-electron chi connectivity index (χ0n) is 12.5. The smallest absolute Gasteiger partial charge is 0.322 e. The van der Waals surface area contributed by atoms with E-state index < -0.39 is 4.92 Å². The number of nitrogens with zero attached hydrogens (tertiary/aromatic N) is 2. The summed E-state index contributed by atoms with van der Waals surface area (Å²) in [5, 5.41) is 13.8. The van der Waals surface area contributed by atoms with Crippen LogP contribution in [-0.2, 0) is 13.1 Å². The highest BCUT2D eigenvalue weighted by molar-refractivity contribution is 5.94. The molecule has 0 fully saturated rings. The number of methoxy groups -OCH3 is 1. The normalized spacial score (nSPS) is 13.3. The average Bonchev–Trinajstić information content (AvgIpc) is 2.55. The van der Waals surface area contributed by atoms with Crippen LogP contribution < -0.4 is 10.1 Å². The molecule has 0 unspecified atom stereocenters. The summed E-state index contributed by atoms with van der Waals surface area (Å²) >= 11 is 0. The molecule has 23 heavy (non-hydrogen) atoms. The maximum absolute atomic E-state index is 12.3. The summed E-state index contributed by atoms with van der Waals surface area (Å²) < 4.78 is 5.17. The lowest BCUT2D eigenvalue weighted by molar-refractivity contribution is -0.385. The third-order valence-electron chi connectivity index (χ3n) is 3.70. The van der Waals surface area contributed by atoms with Crippen molar-refractivity contribution in [2.24, 2.45) is 0 Å². The van der Waals surface area contributed by atoms with Crippen molar-refractivity contribution in [3.05, 3.63) is 63.7 Å². The Balaban J connectivity index is 1.93. The van der Waals surface area contributed by atoms with Crippen molar-refractivity contribution >= 4 is 17.4 Å². The maximum atomic E-state index is 12.3. The third-order valence-corrected chi connectivity index (χ3v) is 3.70. The van der Waals surface area contributed by atoms with E-state index in [1.165, 1.54) is 19.2 Å². The number of benzene rings is 2. The summed E-state index contributed by atoms with van der Waals surface area (Å²) in [5.41, 5.74) is 2.08. The number of urea groups is 1. The molecular formula is C16H15N3O4. The molecule has 1 N–H and O–H groups in total. The number of amides is 2. The topological polar surface area (TPSA) is 84.7 Å². The molecule has 0 aromatic heterocycles. The Bertz CT molecular complexity index is 761. The molecule has 118 valence electrons. The monoisotopic (exact) mass is 313 g/mol. The minimum Gasteiger partial charge on any atom is -0.494 e. The summed E-state index contributed by atoms with van der Waals surface area (Å²) in [6.45, 7) is 0.714. The van der Waals surface area contributed by atoms with Crippen molar-refractivity contribution in [1.82, 2.24) is 4.90 Å². The Hall–Kier alpha value is -3.09. The quantitative estimate of drug-likeness (QED) is 0.694. The highest BCUT2D eigenvalue weighted by Crippen LogP contribution is 2.37. The lowest BCUT2D eigenvalue weighted by Crippen LogP contribution is -2.38. The fourth-order valence-corrected chi connectivity index (χ4v) is 2.58. The number of nitrogens with one attached hydrogen (secondary N) is 1. The minimum atomic E-state index is -0.471. The first-order valence-corrected chi connectivity index (χ1v) is 7.03. The van der Waals surface area contributed by atoms with E-state index in [-0.39, 0.29) is 18.3 Å². The van der Waals surface area contributed by atoms with Gasteiger partial charge in [-0.1, -0.05) is 30.3 Å². The highest BCUT2D eigenvalue weighted by Gasteiger charge is 2.27. The van der Waals surface area contributed by atoms with E-state index >= 15 is 0 Å². The predicted molar refractivity (Wildman–Crippen MR) is 84.4 cm³/mol. The molecule has 0 atom stereocenters. The first kappa shape index (κ1) is 14.8. The number of rotatable bonds is 4. The zero-order valence-corrected chi connectivity index (χ0v) is 12.5. The number of carbonyl (C=O) groups excluding carboxylic acids is 1. The van der Waals surface area contributed by atoms with Crippen LogP contribution in [0.2, 0.25) is 0 Å². The van der Waals surface area contributed by atoms with E-state index in [1.54, 1.807) is 4.90 Å². The Morgan fingerprint density at radius 1 is 1.30 bits per heavy atom. The number of ether oxygens (including phenoxy) is 1. The standard InChI is InChI=1S/C16H15N3O4/c1-23-14-8-13(19(21)22)7-12-10-18(16(20)17-15(12)14)9-11-5-3-2-4-6-11/h2-8H,9-10H2,1H3,(H,17,20). The van der Waals surface area contributed by atoms with Crippen molar-refractivity contribution in [1.29, 1.82) is 0 Å². The van der Waals surface area contributed by atoms with Crippen molar-refractivity contribution < 1.29 is 14.5 Å². The number of anilines is 1. The predicted octanol–water partition coefficient (Wildman–Crippen LogP) is 3.15. The van der Waals surface area contributed by atoms with Crippen LogP contribution in [0.3, 0.4) is 0 Å². The second kappa shape index (κ2) is 5.96. The summed E-state index contributed by atoms with van der Waals surface area (Å²) in [4.78, 5) is 24.4. The maximum Gasteiger partial charge on any atom is 0.322 e. The molecule has 3 rings (SSSR count). The number of hydrogen-bond donors (Lipinski definition) is 1. The summed E-state index contributed by atoms with van der Waals surface area (Å²) in [6, 6.07) is 12.1. The van der Waals surface area contributed by atoms with Crippen molar-refractivity contribution in [3.63, 3.8) is 0 Å². The third kappa shape index (κ3) is 2.94. The average molecular weight is 313 g/mol. The zero-order chi connectivity index (χ0) is 16.4. The highest BCUT2D eigenvalue weighted by atomic mass is 16.6. The first-order valence-electron chi connectivity index (χ1n) is 7.03. The van der Waals surface area contributed by atoms with Gasteiger partial charge in [0.05, 0.1) is 30.3 Å². The number of fused-ring (bicyclic) bond motifs is 1. The van der Waals surface area contributed by atoms with Gasteiger partial charge in [0, 0.05) is 18.2 Å². The fourth-order valence-electron chi connectivity index (χ4n) is 2.58. The molecule has 2 aromatic rings. The lowest BCUT2D eigenvalue weighted by atomic mass is 10.1. The van der Waals surface area contributed by atoms with Gasteiger partial charge in [-0.3, -0.25) is 10.1 Å². The van der Waals surface area contributed by atoms with Crippen LogP contribution >= 0.6 is 0 Å². The van der Waals surface area contributed by atoms with Crippen molar-refractivity contribution in [2.75, 3.05) is 12.4 Å². The van der Waals surface area contributed by atoms with Crippen LogP contribution in [0.25, 0.3) is 0 Å². The molecule has 0 bridgehead atoms. The SMILES string of the molecule is COc1cc([N+](=O)[O-])cc2c1NC(=O)N(Cc1ccccc1)C2. The molecule has 0 aliphatic carbocycles. The second-order valence-electron chi connectivity index (χ2n) is 5.21. The van der Waals surface area contributed by atoms with E-state index in [0.29, 0.717) is 23.5 Å². The lowest BCUT2D eigenvalue weighted by Gasteiger charge is -2.30. The summed E-state index contributed by atoms with van der Waals surface area (Å²) in [5.74, 6) is 0.293. The Kier molecular flexibility index (Phi) is 3.84. The van der Waals surface area contributed by atoms with Gasteiger partial charge >= 0.3 is 6.03 Å². The Morgan fingerprint density at radius 2 is 2.04 bits per heavy atom. The van der Waals surface area contributed by atoms with Crippen LogP contribution in [0, 0.1) is 10.1 Å². The molecular weight excluding hydrogens is 298 g/mol. The fraction of sp³-hybridized carbons (Fsp3) is 0.188. The summed E-state index contributed by atoms with van der Waals surface area (Å²) in [6.07, 6.45) is 0.